The minimum absolute atomic E-state index is 1.24. The average molecular weight is 669 g/mol. The first-order valence-corrected chi connectivity index (χ1v) is 18.7. The van der Waals surface area contributed by atoms with Crippen molar-refractivity contribution in [2.45, 2.75) is 0 Å². The van der Waals surface area contributed by atoms with E-state index in [1.165, 1.54) is 106 Å². The van der Waals surface area contributed by atoms with Gasteiger partial charge in [0.15, 0.2) is 0 Å². The lowest BCUT2D eigenvalue weighted by Crippen LogP contribution is -1.90. The quantitative estimate of drug-likeness (QED) is 0.164. The summed E-state index contributed by atoms with van der Waals surface area (Å²) < 4.78 is 5.44. The number of rotatable bonds is 3. The SMILES string of the molecule is c1ccc(-c2c3ccccc3c(-c3ccc(-c4cc5c6ccccc6sc5c5c4sc4cc6ccccc6cc45)cc3)c3ccccc23)cc1. The van der Waals surface area contributed by atoms with Crippen LogP contribution in [0.1, 0.15) is 0 Å². The summed E-state index contributed by atoms with van der Waals surface area (Å²) in [5.41, 5.74) is 7.64. The molecule has 0 aliphatic carbocycles. The van der Waals surface area contributed by atoms with Gasteiger partial charge in [-0.25, -0.2) is 0 Å². The number of hydrogen-bond acceptors (Lipinski definition) is 2. The molecule has 9 aromatic carbocycles. The van der Waals surface area contributed by atoms with Crippen LogP contribution < -0.4 is 0 Å². The molecule has 0 unspecified atom stereocenters. The monoisotopic (exact) mass is 668 g/mol. The van der Waals surface area contributed by atoms with E-state index < -0.39 is 0 Å². The van der Waals surface area contributed by atoms with E-state index in [9.17, 15) is 0 Å². The summed E-state index contributed by atoms with van der Waals surface area (Å²) in [5, 5.41) is 13.1. The summed E-state index contributed by atoms with van der Waals surface area (Å²) in [6.07, 6.45) is 0. The Bertz CT molecular complexity index is 3070. The molecule has 0 N–H and O–H groups in total. The highest BCUT2D eigenvalue weighted by molar-refractivity contribution is 7.30. The molecule has 0 saturated heterocycles. The summed E-state index contributed by atoms with van der Waals surface area (Å²) in [4.78, 5) is 0. The molecule has 11 aromatic rings. The molecule has 232 valence electrons. The van der Waals surface area contributed by atoms with E-state index >= 15 is 0 Å². The van der Waals surface area contributed by atoms with Crippen LogP contribution >= 0.6 is 22.7 Å². The van der Waals surface area contributed by atoms with E-state index in [2.05, 4.69) is 170 Å². The fraction of sp³-hybridized carbons (Fsp3) is 0. The standard InChI is InChI=1S/C48H28S2/c1-2-12-30(13-3-1)44-35-17-6-8-19-37(35)45(38-20-9-7-18-36(38)44)31-24-22-29(23-25-31)39-28-40-34-16-10-11-21-42(34)49-48(40)46-41-26-32-14-4-5-15-33(32)27-43(41)50-47(39)46/h1-28H. The Morgan fingerprint density at radius 2 is 0.800 bits per heavy atom. The second-order valence-corrected chi connectivity index (χ2v) is 15.3. The molecule has 0 bridgehead atoms. The van der Waals surface area contributed by atoms with Gasteiger partial charge in [0.2, 0.25) is 0 Å². The fourth-order valence-corrected chi connectivity index (χ4v) is 10.8. The van der Waals surface area contributed by atoms with Gasteiger partial charge in [-0.15, -0.1) is 22.7 Å². The number of fused-ring (bicyclic) bond motifs is 10. The maximum Gasteiger partial charge on any atom is 0.0449 e. The Morgan fingerprint density at radius 1 is 0.300 bits per heavy atom. The molecule has 0 nitrogen and oxygen atoms in total. The molecule has 0 aliphatic rings. The van der Waals surface area contributed by atoms with E-state index in [1.807, 2.05) is 22.7 Å². The van der Waals surface area contributed by atoms with E-state index in [4.69, 9.17) is 0 Å². The van der Waals surface area contributed by atoms with Crippen molar-refractivity contribution in [3.05, 3.63) is 170 Å². The first kappa shape index (κ1) is 28.1. The Morgan fingerprint density at radius 3 is 1.46 bits per heavy atom. The Balaban J connectivity index is 1.17. The molecule has 0 saturated carbocycles. The molecule has 0 aliphatic heterocycles. The van der Waals surface area contributed by atoms with Gasteiger partial charge in [0.05, 0.1) is 0 Å². The third-order valence-corrected chi connectivity index (χ3v) is 12.8. The maximum atomic E-state index is 2.46. The minimum Gasteiger partial charge on any atom is -0.134 e. The third kappa shape index (κ3) is 4.10. The normalized spacial score (nSPS) is 12.0. The highest BCUT2D eigenvalue weighted by Gasteiger charge is 2.20. The van der Waals surface area contributed by atoms with Crippen molar-refractivity contribution in [3.63, 3.8) is 0 Å². The smallest absolute Gasteiger partial charge is 0.0449 e. The van der Waals surface area contributed by atoms with Gasteiger partial charge in [-0.2, -0.15) is 0 Å². The number of hydrogen-bond donors (Lipinski definition) is 0. The lowest BCUT2D eigenvalue weighted by molar-refractivity contribution is 1.64. The van der Waals surface area contributed by atoms with Crippen LogP contribution in [0.2, 0.25) is 0 Å². The van der Waals surface area contributed by atoms with Gasteiger partial charge in [-0.3, -0.25) is 0 Å². The van der Waals surface area contributed by atoms with Crippen LogP contribution in [0, 0.1) is 0 Å². The summed E-state index contributed by atoms with van der Waals surface area (Å²) in [7, 11) is 0. The van der Waals surface area contributed by atoms with Gasteiger partial charge in [0, 0.05) is 45.9 Å². The summed E-state index contributed by atoms with van der Waals surface area (Å²) in [5.74, 6) is 0. The molecule has 2 aromatic heterocycles. The zero-order valence-corrected chi connectivity index (χ0v) is 28.6. The second kappa shape index (κ2) is 10.9. The first-order chi connectivity index (χ1) is 24.8. The van der Waals surface area contributed by atoms with E-state index in [0.29, 0.717) is 0 Å². The van der Waals surface area contributed by atoms with Crippen LogP contribution in [-0.4, -0.2) is 0 Å². The third-order valence-electron chi connectivity index (χ3n) is 10.4. The maximum absolute atomic E-state index is 2.46. The topological polar surface area (TPSA) is 0 Å². The van der Waals surface area contributed by atoms with Gasteiger partial charge in [-0.1, -0.05) is 146 Å². The van der Waals surface area contributed by atoms with Gasteiger partial charge in [0.1, 0.15) is 0 Å². The average Bonchev–Trinajstić information content (AvgIpc) is 3.74. The van der Waals surface area contributed by atoms with Crippen molar-refractivity contribution in [2.24, 2.45) is 0 Å². The Hall–Kier alpha value is -5.80. The van der Waals surface area contributed by atoms with Crippen molar-refractivity contribution in [2.75, 3.05) is 0 Å². The van der Waals surface area contributed by atoms with Gasteiger partial charge in [-0.05, 0) is 84.4 Å². The van der Waals surface area contributed by atoms with E-state index in [-0.39, 0.29) is 0 Å². The van der Waals surface area contributed by atoms with Crippen LogP contribution in [-0.2, 0) is 0 Å². The highest BCUT2D eigenvalue weighted by Crippen LogP contribution is 2.50. The van der Waals surface area contributed by atoms with Crippen LogP contribution in [0.15, 0.2) is 170 Å². The number of benzene rings is 9. The van der Waals surface area contributed by atoms with Crippen LogP contribution in [0.3, 0.4) is 0 Å². The highest BCUT2D eigenvalue weighted by atomic mass is 32.1. The molecule has 2 heteroatoms. The Kier molecular flexibility index (Phi) is 6.09. The van der Waals surface area contributed by atoms with Crippen molar-refractivity contribution in [1.29, 1.82) is 0 Å². The van der Waals surface area contributed by atoms with Crippen molar-refractivity contribution >= 4 is 95.3 Å². The molecule has 0 spiro atoms. The molecular formula is C48H28S2. The summed E-state index contributed by atoms with van der Waals surface area (Å²) in [6.45, 7) is 0. The molecule has 0 radical (unpaired) electrons. The predicted octanol–water partition coefficient (Wildman–Crippen LogP) is 14.9. The van der Waals surface area contributed by atoms with Crippen molar-refractivity contribution < 1.29 is 0 Å². The van der Waals surface area contributed by atoms with Crippen LogP contribution in [0.25, 0.3) is 106 Å². The lowest BCUT2D eigenvalue weighted by Gasteiger charge is -2.18. The largest absolute Gasteiger partial charge is 0.134 e. The second-order valence-electron chi connectivity index (χ2n) is 13.2. The Labute approximate surface area is 297 Å². The van der Waals surface area contributed by atoms with Gasteiger partial charge >= 0.3 is 0 Å². The number of thiophene rings is 2. The molecule has 11 rings (SSSR count). The summed E-state index contributed by atoms with van der Waals surface area (Å²) >= 11 is 3.86. The zero-order valence-electron chi connectivity index (χ0n) is 27.0. The van der Waals surface area contributed by atoms with Crippen molar-refractivity contribution in [1.82, 2.24) is 0 Å². The lowest BCUT2D eigenvalue weighted by atomic mass is 9.85. The predicted molar refractivity (Wildman–Crippen MR) is 221 cm³/mol. The zero-order chi connectivity index (χ0) is 32.8. The molecule has 50 heavy (non-hydrogen) atoms. The first-order valence-electron chi connectivity index (χ1n) is 17.1. The van der Waals surface area contributed by atoms with Crippen molar-refractivity contribution in [3.8, 4) is 33.4 Å². The fourth-order valence-electron chi connectivity index (χ4n) is 8.19. The molecule has 0 atom stereocenters. The molecule has 0 amide bonds. The minimum atomic E-state index is 1.24. The molecule has 0 fully saturated rings. The molecular weight excluding hydrogens is 641 g/mol. The van der Waals surface area contributed by atoms with Gasteiger partial charge < -0.3 is 0 Å². The van der Waals surface area contributed by atoms with Crippen LogP contribution in [0.4, 0.5) is 0 Å². The molecule has 2 heterocycles. The van der Waals surface area contributed by atoms with E-state index in [1.54, 1.807) is 0 Å². The van der Waals surface area contributed by atoms with E-state index in [0.717, 1.165) is 0 Å². The van der Waals surface area contributed by atoms with Crippen LogP contribution in [0.5, 0.6) is 0 Å². The summed E-state index contributed by atoms with van der Waals surface area (Å²) in [6, 6.07) is 62.9. The van der Waals surface area contributed by atoms with Gasteiger partial charge in [0.25, 0.3) is 0 Å².